The third-order valence-electron chi connectivity index (χ3n) is 10.8. The minimum absolute atomic E-state index is 0.0241. The first-order chi connectivity index (χ1) is 28.0. The van der Waals surface area contributed by atoms with Gasteiger partial charge in [0.05, 0.1) is 18.4 Å². The summed E-state index contributed by atoms with van der Waals surface area (Å²) in [6, 6.07) is 9.99. The van der Waals surface area contributed by atoms with Crippen molar-refractivity contribution in [2.75, 3.05) is 53.3 Å². The second-order valence-electron chi connectivity index (χ2n) is 14.6. The molecule has 0 saturated carbocycles. The molecule has 16 nitrogen and oxygen atoms in total. The standard InChI is InChI=1S/C38H41F4N11O5S/c1-50(20-23-5-4-22-21-53(36(56)31(22)32(23)39)29-10-11-30(54)48-35(29)55)25-12-16-52(17-13-25)26-8-6-24(7-9-26)47-37-46-18-27(38(40,41)42)33(49-37)45-19-28-34(44-15-14-43-28)51(2)59(3,57)58/h4-9,14-15,18,25,29H,10-13,16-17,19-21H2,1-3H3,(H,48,54,55)(H2,45,46,47,49). The van der Waals surface area contributed by atoms with E-state index in [9.17, 15) is 36.0 Å². The number of sulfonamides is 1. The summed E-state index contributed by atoms with van der Waals surface area (Å²) in [5.41, 5.74) is 1.28. The summed E-state index contributed by atoms with van der Waals surface area (Å²) in [4.78, 5) is 59.0. The van der Waals surface area contributed by atoms with Gasteiger partial charge in [0.2, 0.25) is 27.8 Å². The number of piperidine rings is 2. The van der Waals surface area contributed by atoms with Gasteiger partial charge in [-0.15, -0.1) is 0 Å². The molecule has 5 heterocycles. The van der Waals surface area contributed by atoms with Gasteiger partial charge in [-0.05, 0) is 56.1 Å². The molecule has 1 unspecified atom stereocenters. The summed E-state index contributed by atoms with van der Waals surface area (Å²) < 4.78 is 82.7. The molecule has 2 aromatic heterocycles. The minimum Gasteiger partial charge on any atom is -0.371 e. The molecule has 312 valence electrons. The van der Waals surface area contributed by atoms with E-state index < -0.39 is 51.3 Å². The molecule has 1 atom stereocenters. The summed E-state index contributed by atoms with van der Waals surface area (Å²) in [6.07, 6.45) is 1.27. The maximum absolute atomic E-state index is 15.8. The van der Waals surface area contributed by atoms with Gasteiger partial charge in [0.1, 0.15) is 28.9 Å². The summed E-state index contributed by atoms with van der Waals surface area (Å²) in [5, 5.41) is 7.81. The van der Waals surface area contributed by atoms with E-state index in [0.717, 1.165) is 29.1 Å². The van der Waals surface area contributed by atoms with Crippen LogP contribution < -0.4 is 25.2 Å². The molecule has 0 aliphatic carbocycles. The van der Waals surface area contributed by atoms with Crippen molar-refractivity contribution in [3.8, 4) is 0 Å². The van der Waals surface area contributed by atoms with Crippen LogP contribution >= 0.6 is 0 Å². The molecule has 2 saturated heterocycles. The lowest BCUT2D eigenvalue weighted by Crippen LogP contribution is -2.52. The topological polar surface area (TPSA) is 186 Å². The SMILES string of the molecule is CN(Cc1ccc2c(c1F)C(=O)N(C1CCC(=O)NC1=O)C2)C1CCN(c2ccc(Nc3ncc(C(F)(F)F)c(NCc4nccnc4N(C)S(C)(=O)=O)n3)cc2)CC1. The lowest BCUT2D eigenvalue weighted by molar-refractivity contribution is -0.138. The monoisotopic (exact) mass is 839 g/mol. The number of halogens is 4. The van der Waals surface area contributed by atoms with Crippen LogP contribution in [0.15, 0.2) is 55.0 Å². The van der Waals surface area contributed by atoms with E-state index >= 15 is 4.39 Å². The Morgan fingerprint density at radius 1 is 0.966 bits per heavy atom. The smallest absolute Gasteiger partial charge is 0.371 e. The van der Waals surface area contributed by atoms with Crippen molar-refractivity contribution in [1.82, 2.24) is 35.1 Å². The number of imide groups is 1. The molecule has 21 heteroatoms. The van der Waals surface area contributed by atoms with Crippen LogP contribution in [0.2, 0.25) is 0 Å². The molecule has 3 aliphatic heterocycles. The summed E-state index contributed by atoms with van der Waals surface area (Å²) in [7, 11) is -0.546. The number of carbonyl (C=O) groups excluding carboxylic acids is 3. The van der Waals surface area contributed by atoms with Crippen LogP contribution in [-0.4, -0.2) is 101 Å². The zero-order chi connectivity index (χ0) is 42.2. The number of hydrogen-bond donors (Lipinski definition) is 3. The molecule has 2 aromatic carbocycles. The van der Waals surface area contributed by atoms with Crippen molar-refractivity contribution < 1.29 is 40.4 Å². The van der Waals surface area contributed by atoms with E-state index in [1.807, 2.05) is 19.2 Å². The van der Waals surface area contributed by atoms with Crippen LogP contribution in [0.25, 0.3) is 0 Å². The molecule has 0 bridgehead atoms. The quantitative estimate of drug-likeness (QED) is 0.137. The molecular formula is C38H41F4N11O5S. The normalized spacial score (nSPS) is 17.6. The molecule has 0 radical (unpaired) electrons. The third-order valence-corrected chi connectivity index (χ3v) is 11.9. The largest absolute Gasteiger partial charge is 0.421 e. The molecule has 7 rings (SSSR count). The third kappa shape index (κ3) is 8.89. The van der Waals surface area contributed by atoms with Gasteiger partial charge < -0.3 is 20.4 Å². The highest BCUT2D eigenvalue weighted by Gasteiger charge is 2.41. The van der Waals surface area contributed by atoms with Gasteiger partial charge in [0.15, 0.2) is 5.82 Å². The Hall–Kier alpha value is -5.96. The number of aromatic nitrogens is 4. The van der Waals surface area contributed by atoms with E-state index in [2.05, 4.69) is 45.7 Å². The Labute approximate surface area is 337 Å². The summed E-state index contributed by atoms with van der Waals surface area (Å²) in [5.74, 6) is -2.78. The van der Waals surface area contributed by atoms with Gasteiger partial charge in [-0.1, -0.05) is 12.1 Å². The van der Waals surface area contributed by atoms with Crippen molar-refractivity contribution in [3.63, 3.8) is 0 Å². The van der Waals surface area contributed by atoms with Gasteiger partial charge in [-0.25, -0.2) is 22.8 Å². The molecule has 4 aromatic rings. The Morgan fingerprint density at radius 2 is 1.68 bits per heavy atom. The maximum atomic E-state index is 15.8. The molecule has 59 heavy (non-hydrogen) atoms. The number of benzene rings is 2. The number of nitrogens with one attached hydrogen (secondary N) is 3. The van der Waals surface area contributed by atoms with Gasteiger partial charge in [-0.2, -0.15) is 18.2 Å². The fraction of sp³-hybridized carbons (Fsp3) is 0.395. The van der Waals surface area contributed by atoms with E-state index in [4.69, 9.17) is 0 Å². The average molecular weight is 840 g/mol. The van der Waals surface area contributed by atoms with Crippen LogP contribution in [0.4, 0.5) is 46.5 Å². The Kier molecular flexibility index (Phi) is 11.4. The number of hydrogen-bond acceptors (Lipinski definition) is 13. The second-order valence-corrected chi connectivity index (χ2v) is 16.7. The summed E-state index contributed by atoms with van der Waals surface area (Å²) in [6.45, 7) is 1.48. The Bertz CT molecular complexity index is 2380. The number of nitrogens with zero attached hydrogens (tertiary/aromatic N) is 8. The van der Waals surface area contributed by atoms with Crippen molar-refractivity contribution in [1.29, 1.82) is 0 Å². The number of alkyl halides is 3. The van der Waals surface area contributed by atoms with E-state index in [1.54, 1.807) is 24.3 Å². The van der Waals surface area contributed by atoms with Gasteiger partial charge in [0, 0.05) is 81.2 Å². The Morgan fingerprint density at radius 3 is 2.36 bits per heavy atom. The lowest BCUT2D eigenvalue weighted by Gasteiger charge is -2.38. The van der Waals surface area contributed by atoms with Gasteiger partial charge >= 0.3 is 6.18 Å². The predicted molar refractivity (Wildman–Crippen MR) is 209 cm³/mol. The lowest BCUT2D eigenvalue weighted by atomic mass is 10.0. The predicted octanol–water partition coefficient (Wildman–Crippen LogP) is 4.04. The molecule has 2 fully saturated rings. The van der Waals surface area contributed by atoms with Crippen molar-refractivity contribution in [3.05, 3.63) is 88.8 Å². The van der Waals surface area contributed by atoms with Crippen LogP contribution in [0, 0.1) is 5.82 Å². The highest BCUT2D eigenvalue weighted by atomic mass is 32.2. The maximum Gasteiger partial charge on any atom is 0.421 e. The Balaban J connectivity index is 0.950. The highest BCUT2D eigenvalue weighted by Crippen LogP contribution is 2.35. The van der Waals surface area contributed by atoms with Crippen LogP contribution in [-0.2, 0) is 45.4 Å². The van der Waals surface area contributed by atoms with Crippen molar-refractivity contribution in [2.45, 2.75) is 63.6 Å². The second kappa shape index (κ2) is 16.4. The molecule has 0 spiro atoms. The van der Waals surface area contributed by atoms with Crippen molar-refractivity contribution >= 4 is 56.7 Å². The zero-order valence-electron chi connectivity index (χ0n) is 32.3. The van der Waals surface area contributed by atoms with E-state index in [0.29, 0.717) is 36.1 Å². The molecule has 3 amide bonds. The minimum atomic E-state index is -4.79. The van der Waals surface area contributed by atoms with Crippen LogP contribution in [0.5, 0.6) is 0 Å². The summed E-state index contributed by atoms with van der Waals surface area (Å²) >= 11 is 0. The van der Waals surface area contributed by atoms with Crippen LogP contribution in [0.1, 0.15) is 58.4 Å². The van der Waals surface area contributed by atoms with E-state index in [-0.39, 0.29) is 67.4 Å². The van der Waals surface area contributed by atoms with Gasteiger partial charge in [0.25, 0.3) is 5.91 Å². The fourth-order valence-electron chi connectivity index (χ4n) is 7.48. The number of carbonyl (C=O) groups is 3. The first kappa shape index (κ1) is 41.2. The van der Waals surface area contributed by atoms with Gasteiger partial charge in [-0.3, -0.25) is 33.9 Å². The number of anilines is 5. The van der Waals surface area contributed by atoms with Crippen LogP contribution in [0.3, 0.4) is 0 Å². The highest BCUT2D eigenvalue weighted by molar-refractivity contribution is 7.92. The number of fused-ring (bicyclic) bond motifs is 1. The van der Waals surface area contributed by atoms with E-state index in [1.165, 1.54) is 24.3 Å². The number of amides is 3. The molecular weight excluding hydrogens is 799 g/mol. The average Bonchev–Trinajstić information content (AvgIpc) is 3.53. The first-order valence-corrected chi connectivity index (χ1v) is 20.5. The number of rotatable bonds is 12. The molecule has 3 aliphatic rings. The van der Waals surface area contributed by atoms with Crippen molar-refractivity contribution in [2.24, 2.45) is 0 Å². The molecule has 3 N–H and O–H groups in total. The fourth-order valence-corrected chi connectivity index (χ4v) is 7.94. The first-order valence-electron chi connectivity index (χ1n) is 18.7. The zero-order valence-corrected chi connectivity index (χ0v) is 33.1.